The van der Waals surface area contributed by atoms with Crippen LogP contribution >= 0.6 is 15.9 Å². The van der Waals surface area contributed by atoms with Gasteiger partial charge in [-0.3, -0.25) is 9.98 Å². The summed E-state index contributed by atoms with van der Waals surface area (Å²) in [5.41, 5.74) is 6.35. The van der Waals surface area contributed by atoms with Crippen LogP contribution in [0.15, 0.2) is 27.8 Å². The highest BCUT2D eigenvalue weighted by atomic mass is 79.9. The van der Waals surface area contributed by atoms with Gasteiger partial charge in [-0.25, -0.2) is 0 Å². The molecular weight excluding hydrogens is 218 g/mol. The summed E-state index contributed by atoms with van der Waals surface area (Å²) in [5.74, 6) is 0.491. The molecule has 64 valence electrons. The van der Waals surface area contributed by atoms with Gasteiger partial charge in [-0.2, -0.15) is 0 Å². The maximum atomic E-state index is 5.63. The molecule has 12 heavy (non-hydrogen) atoms. The minimum absolute atomic E-state index is 0.491. The summed E-state index contributed by atoms with van der Waals surface area (Å²) in [7, 11) is 0. The average Bonchev–Trinajstić information content (AvgIpc) is 2.06. The number of hydrogen-bond acceptors (Lipinski definition) is 2. The van der Waals surface area contributed by atoms with E-state index in [2.05, 4.69) is 25.9 Å². The van der Waals surface area contributed by atoms with E-state index in [1.165, 1.54) is 0 Å². The molecule has 0 bridgehead atoms. The van der Waals surface area contributed by atoms with E-state index in [4.69, 9.17) is 5.73 Å². The molecule has 3 nitrogen and oxygen atoms in total. The smallest absolute Gasteiger partial charge is 0.144 e. The van der Waals surface area contributed by atoms with Crippen LogP contribution in [0, 0.1) is 0 Å². The molecule has 0 saturated heterocycles. The number of nitrogens with two attached hydrogens (primary N) is 1. The molecular formula is C8H10BrN3. The third kappa shape index (κ3) is 2.30. The SMILES string of the molecule is CCN=C(N)c1ccc(Br)cn1. The molecule has 0 aliphatic rings. The Morgan fingerprint density at radius 2 is 2.42 bits per heavy atom. The Hall–Kier alpha value is -0.900. The lowest BCUT2D eigenvalue weighted by atomic mass is 10.3. The Kier molecular flexibility index (Phi) is 3.22. The summed E-state index contributed by atoms with van der Waals surface area (Å²) in [6.45, 7) is 2.62. The second-order valence-electron chi connectivity index (χ2n) is 2.22. The van der Waals surface area contributed by atoms with E-state index in [0.717, 1.165) is 10.2 Å². The molecule has 0 aliphatic carbocycles. The highest BCUT2D eigenvalue weighted by Gasteiger charge is 1.97. The molecule has 0 aromatic carbocycles. The number of aromatic nitrogens is 1. The van der Waals surface area contributed by atoms with Crippen molar-refractivity contribution < 1.29 is 0 Å². The molecule has 0 amide bonds. The number of nitrogens with zero attached hydrogens (tertiary/aromatic N) is 2. The molecule has 1 heterocycles. The van der Waals surface area contributed by atoms with Gasteiger partial charge in [0.15, 0.2) is 0 Å². The predicted octanol–water partition coefficient (Wildman–Crippen LogP) is 1.57. The van der Waals surface area contributed by atoms with Gasteiger partial charge in [-0.15, -0.1) is 0 Å². The molecule has 0 spiro atoms. The van der Waals surface area contributed by atoms with Crippen LogP contribution in [0.3, 0.4) is 0 Å². The summed E-state index contributed by atoms with van der Waals surface area (Å²) in [6, 6.07) is 3.72. The first-order chi connectivity index (χ1) is 5.74. The normalized spacial score (nSPS) is 11.7. The third-order valence-corrected chi connectivity index (χ3v) is 1.79. The predicted molar refractivity (Wildman–Crippen MR) is 53.2 cm³/mol. The Balaban J connectivity index is 2.89. The summed E-state index contributed by atoms with van der Waals surface area (Å²) in [4.78, 5) is 8.14. The lowest BCUT2D eigenvalue weighted by molar-refractivity contribution is 1.11. The fourth-order valence-corrected chi connectivity index (χ4v) is 1.01. The van der Waals surface area contributed by atoms with Gasteiger partial charge in [0, 0.05) is 17.2 Å². The summed E-state index contributed by atoms with van der Waals surface area (Å²) in [5, 5.41) is 0. The van der Waals surface area contributed by atoms with Crippen LogP contribution in [-0.2, 0) is 0 Å². The van der Waals surface area contributed by atoms with Crippen molar-refractivity contribution in [3.63, 3.8) is 0 Å². The van der Waals surface area contributed by atoms with Crippen LogP contribution in [-0.4, -0.2) is 17.4 Å². The number of halogens is 1. The van der Waals surface area contributed by atoms with E-state index < -0.39 is 0 Å². The number of aliphatic imine (C=N–C) groups is 1. The van der Waals surface area contributed by atoms with E-state index in [1.54, 1.807) is 6.20 Å². The fourth-order valence-electron chi connectivity index (χ4n) is 0.779. The van der Waals surface area contributed by atoms with E-state index >= 15 is 0 Å². The molecule has 1 rings (SSSR count). The van der Waals surface area contributed by atoms with Crippen molar-refractivity contribution in [2.24, 2.45) is 10.7 Å². The zero-order valence-electron chi connectivity index (χ0n) is 6.79. The van der Waals surface area contributed by atoms with Gasteiger partial charge < -0.3 is 5.73 Å². The third-order valence-electron chi connectivity index (χ3n) is 1.32. The van der Waals surface area contributed by atoms with Crippen LogP contribution in [0.25, 0.3) is 0 Å². The van der Waals surface area contributed by atoms with Gasteiger partial charge in [0.1, 0.15) is 11.5 Å². The van der Waals surface area contributed by atoms with Crippen molar-refractivity contribution >= 4 is 21.8 Å². The Labute approximate surface area is 79.8 Å². The molecule has 4 heteroatoms. The molecule has 0 radical (unpaired) electrons. The molecule has 1 aromatic heterocycles. The van der Waals surface area contributed by atoms with Crippen molar-refractivity contribution in [3.05, 3.63) is 28.5 Å². The van der Waals surface area contributed by atoms with Crippen molar-refractivity contribution in [3.8, 4) is 0 Å². The maximum Gasteiger partial charge on any atom is 0.144 e. The zero-order chi connectivity index (χ0) is 8.97. The minimum atomic E-state index is 0.491. The summed E-state index contributed by atoms with van der Waals surface area (Å²) >= 11 is 3.29. The zero-order valence-corrected chi connectivity index (χ0v) is 8.37. The Morgan fingerprint density at radius 3 is 2.92 bits per heavy atom. The Bertz CT molecular complexity index is 279. The second kappa shape index (κ2) is 4.21. The molecule has 0 unspecified atom stereocenters. The topological polar surface area (TPSA) is 51.3 Å². The van der Waals surface area contributed by atoms with Gasteiger partial charge in [-0.1, -0.05) is 0 Å². The number of pyridine rings is 1. The van der Waals surface area contributed by atoms with Crippen molar-refractivity contribution in [2.75, 3.05) is 6.54 Å². The molecule has 0 atom stereocenters. The number of hydrogen-bond donors (Lipinski definition) is 1. The van der Waals surface area contributed by atoms with E-state index in [0.29, 0.717) is 12.4 Å². The fraction of sp³-hybridized carbons (Fsp3) is 0.250. The first-order valence-corrected chi connectivity index (χ1v) is 4.45. The largest absolute Gasteiger partial charge is 0.382 e. The Morgan fingerprint density at radius 1 is 1.67 bits per heavy atom. The van der Waals surface area contributed by atoms with Crippen molar-refractivity contribution in [1.82, 2.24) is 4.98 Å². The van der Waals surface area contributed by atoms with Gasteiger partial charge in [0.2, 0.25) is 0 Å². The highest BCUT2D eigenvalue weighted by molar-refractivity contribution is 9.10. The molecule has 0 aliphatic heterocycles. The molecule has 1 aromatic rings. The van der Waals surface area contributed by atoms with Crippen molar-refractivity contribution in [2.45, 2.75) is 6.92 Å². The van der Waals surface area contributed by atoms with Crippen LogP contribution in [0.5, 0.6) is 0 Å². The van der Waals surface area contributed by atoms with E-state index in [-0.39, 0.29) is 0 Å². The average molecular weight is 228 g/mol. The monoisotopic (exact) mass is 227 g/mol. The molecule has 0 fully saturated rings. The summed E-state index contributed by atoms with van der Waals surface area (Å²) in [6.07, 6.45) is 1.70. The first-order valence-electron chi connectivity index (χ1n) is 3.66. The standard InChI is InChI=1S/C8H10BrN3/c1-2-11-8(10)7-4-3-6(9)5-12-7/h3-5H,2H2,1H3,(H2,10,11). The van der Waals surface area contributed by atoms with Gasteiger partial charge in [0.25, 0.3) is 0 Å². The molecule has 2 N–H and O–H groups in total. The number of amidine groups is 1. The first kappa shape index (κ1) is 9.19. The van der Waals surface area contributed by atoms with Gasteiger partial charge in [0.05, 0.1) is 0 Å². The quantitative estimate of drug-likeness (QED) is 0.617. The van der Waals surface area contributed by atoms with Gasteiger partial charge >= 0.3 is 0 Å². The lowest BCUT2D eigenvalue weighted by Gasteiger charge is -1.98. The van der Waals surface area contributed by atoms with Crippen LogP contribution < -0.4 is 5.73 Å². The number of rotatable bonds is 2. The van der Waals surface area contributed by atoms with Crippen LogP contribution in [0.1, 0.15) is 12.6 Å². The van der Waals surface area contributed by atoms with Gasteiger partial charge in [-0.05, 0) is 35.0 Å². The highest BCUT2D eigenvalue weighted by Crippen LogP contribution is 2.06. The van der Waals surface area contributed by atoms with E-state index in [1.807, 2.05) is 19.1 Å². The lowest BCUT2D eigenvalue weighted by Crippen LogP contribution is -2.15. The van der Waals surface area contributed by atoms with E-state index in [9.17, 15) is 0 Å². The molecule has 0 saturated carbocycles. The van der Waals surface area contributed by atoms with Crippen molar-refractivity contribution in [1.29, 1.82) is 0 Å². The van der Waals surface area contributed by atoms with Crippen LogP contribution in [0.2, 0.25) is 0 Å². The maximum absolute atomic E-state index is 5.63. The van der Waals surface area contributed by atoms with Crippen LogP contribution in [0.4, 0.5) is 0 Å². The summed E-state index contributed by atoms with van der Waals surface area (Å²) < 4.78 is 0.940. The minimum Gasteiger partial charge on any atom is -0.382 e. The second-order valence-corrected chi connectivity index (χ2v) is 3.14.